The number of urea groups is 1. The van der Waals surface area contributed by atoms with E-state index in [-0.39, 0.29) is 44.5 Å². The number of aldehydes is 1. The molecule has 2 atom stereocenters. The summed E-state index contributed by atoms with van der Waals surface area (Å²) >= 11 is 0. The molecular weight excluding hydrogens is 568 g/mol. The van der Waals surface area contributed by atoms with Crippen LogP contribution in [0.4, 0.5) is 15.4 Å². The maximum atomic E-state index is 13.9. The first-order chi connectivity index (χ1) is 20.4. The third-order valence-electron chi connectivity index (χ3n) is 7.63. The number of benzene rings is 1. The number of carbonyl (C=O) groups is 4. The van der Waals surface area contributed by atoms with Crippen LogP contribution in [-0.4, -0.2) is 98.7 Å². The average molecular weight is 611 g/mol. The van der Waals surface area contributed by atoms with Crippen molar-refractivity contribution in [2.24, 2.45) is 5.41 Å². The van der Waals surface area contributed by atoms with E-state index in [2.05, 4.69) is 10.3 Å². The standard InChI is InChI=1S/C31H42N6O7/c1-20-17-22(10-9-21(20)18-38)36-12-11-23(33-27(36)41)32-26(40)35-15-13-34(14-16-35)24(39)31(8)19-43-25(29(2,3)4)37(31)28(42)44-30(5,6)7/h9-12,17-18,25H,13-16,19H2,1-8H3,(H,32,33,40,41)/t25-,31+/m1/s1. The largest absolute Gasteiger partial charge is 0.444 e. The molecule has 0 bridgehead atoms. The van der Waals surface area contributed by atoms with Crippen LogP contribution >= 0.6 is 0 Å². The lowest BCUT2D eigenvalue weighted by atomic mass is 9.91. The molecule has 0 aliphatic carbocycles. The molecule has 44 heavy (non-hydrogen) atoms. The number of anilines is 1. The van der Waals surface area contributed by atoms with Crippen molar-refractivity contribution < 1.29 is 28.7 Å². The lowest BCUT2D eigenvalue weighted by Crippen LogP contribution is -2.64. The van der Waals surface area contributed by atoms with E-state index in [1.165, 1.54) is 26.6 Å². The Balaban J connectivity index is 1.41. The zero-order valence-corrected chi connectivity index (χ0v) is 26.7. The van der Waals surface area contributed by atoms with Gasteiger partial charge in [0.1, 0.15) is 29.5 Å². The minimum absolute atomic E-state index is 0.0196. The van der Waals surface area contributed by atoms with Gasteiger partial charge in [-0.25, -0.2) is 14.4 Å². The lowest BCUT2D eigenvalue weighted by molar-refractivity contribution is -0.144. The predicted octanol–water partition coefficient (Wildman–Crippen LogP) is 3.43. The van der Waals surface area contributed by atoms with Crippen molar-refractivity contribution in [3.8, 4) is 5.69 Å². The molecule has 238 valence electrons. The molecule has 2 aliphatic rings. The van der Waals surface area contributed by atoms with Gasteiger partial charge in [0.05, 0.1) is 12.3 Å². The number of nitrogens with zero attached hydrogens (tertiary/aromatic N) is 5. The van der Waals surface area contributed by atoms with Crippen molar-refractivity contribution in [2.45, 2.75) is 72.8 Å². The van der Waals surface area contributed by atoms with E-state index < -0.39 is 40.6 Å². The molecule has 0 radical (unpaired) electrons. The number of amides is 4. The molecule has 2 aliphatic heterocycles. The normalized spacial score (nSPS) is 20.8. The van der Waals surface area contributed by atoms with Crippen molar-refractivity contribution in [3.05, 3.63) is 52.1 Å². The van der Waals surface area contributed by atoms with Gasteiger partial charge in [0.2, 0.25) is 0 Å². The third-order valence-corrected chi connectivity index (χ3v) is 7.63. The van der Waals surface area contributed by atoms with E-state index in [1.54, 1.807) is 57.7 Å². The molecule has 4 amide bonds. The van der Waals surface area contributed by atoms with E-state index in [0.29, 0.717) is 11.3 Å². The minimum Gasteiger partial charge on any atom is -0.444 e. The molecule has 0 unspecified atom stereocenters. The molecule has 0 spiro atoms. The van der Waals surface area contributed by atoms with Crippen molar-refractivity contribution in [2.75, 3.05) is 38.1 Å². The van der Waals surface area contributed by atoms with Crippen molar-refractivity contribution in [1.82, 2.24) is 24.3 Å². The van der Waals surface area contributed by atoms with Gasteiger partial charge in [-0.05, 0) is 64.4 Å². The second kappa shape index (κ2) is 12.0. The maximum absolute atomic E-state index is 13.9. The van der Waals surface area contributed by atoms with Crippen molar-refractivity contribution in [3.63, 3.8) is 0 Å². The van der Waals surface area contributed by atoms with E-state index >= 15 is 0 Å². The highest BCUT2D eigenvalue weighted by Gasteiger charge is 2.57. The summed E-state index contributed by atoms with van der Waals surface area (Å²) in [6.45, 7) is 15.6. The van der Waals surface area contributed by atoms with Crippen molar-refractivity contribution in [1.29, 1.82) is 0 Å². The van der Waals surface area contributed by atoms with Crippen LogP contribution in [0.1, 0.15) is 64.4 Å². The van der Waals surface area contributed by atoms with Gasteiger partial charge in [0.25, 0.3) is 5.91 Å². The number of aryl methyl sites for hydroxylation is 1. The Bertz CT molecular complexity index is 1500. The molecule has 1 N–H and O–H groups in total. The van der Waals surface area contributed by atoms with Crippen molar-refractivity contribution >= 4 is 30.1 Å². The van der Waals surface area contributed by atoms with Gasteiger partial charge in [0, 0.05) is 43.4 Å². The van der Waals surface area contributed by atoms with E-state index in [1.807, 2.05) is 20.8 Å². The van der Waals surface area contributed by atoms with Gasteiger partial charge in [-0.2, -0.15) is 4.98 Å². The molecule has 13 nitrogen and oxygen atoms in total. The number of nitrogens with one attached hydrogen (secondary N) is 1. The molecule has 2 fully saturated rings. The number of hydrogen-bond donors (Lipinski definition) is 1. The van der Waals surface area contributed by atoms with E-state index in [0.717, 1.165) is 11.8 Å². The Morgan fingerprint density at radius 3 is 2.23 bits per heavy atom. The first kappa shape index (κ1) is 32.6. The van der Waals surface area contributed by atoms with Crippen LogP contribution in [0, 0.1) is 12.3 Å². The molecule has 2 saturated heterocycles. The first-order valence-corrected chi connectivity index (χ1v) is 14.6. The third kappa shape index (κ3) is 6.77. The van der Waals surface area contributed by atoms with Gasteiger partial charge in [-0.15, -0.1) is 0 Å². The quantitative estimate of drug-likeness (QED) is 0.519. The number of rotatable bonds is 4. The monoisotopic (exact) mass is 610 g/mol. The summed E-state index contributed by atoms with van der Waals surface area (Å²) in [4.78, 5) is 72.6. The van der Waals surface area contributed by atoms with Gasteiger partial charge < -0.3 is 19.3 Å². The molecule has 3 heterocycles. The average Bonchev–Trinajstić information content (AvgIpc) is 3.31. The van der Waals surface area contributed by atoms with Crippen LogP contribution in [0.5, 0.6) is 0 Å². The Morgan fingerprint density at radius 2 is 1.68 bits per heavy atom. The minimum atomic E-state index is -1.29. The van der Waals surface area contributed by atoms with Crippen LogP contribution < -0.4 is 11.0 Å². The summed E-state index contributed by atoms with van der Waals surface area (Å²) in [6, 6.07) is 6.04. The zero-order valence-electron chi connectivity index (χ0n) is 26.7. The molecular formula is C31H42N6O7. The predicted molar refractivity (Wildman–Crippen MR) is 163 cm³/mol. The molecule has 4 rings (SSSR count). The van der Waals surface area contributed by atoms with E-state index in [4.69, 9.17) is 9.47 Å². The SMILES string of the molecule is Cc1cc(-n2ccc(NC(=O)N3CCN(C(=O)[C@]4(C)CO[C@H](C(C)(C)C)N4C(=O)OC(C)(C)C)CC3)nc2=O)ccc1C=O. The van der Waals surface area contributed by atoms with Gasteiger partial charge in [0.15, 0.2) is 0 Å². The Labute approximate surface area is 257 Å². The highest BCUT2D eigenvalue weighted by atomic mass is 16.6. The topological polar surface area (TPSA) is 143 Å². The fourth-order valence-corrected chi connectivity index (χ4v) is 5.31. The van der Waals surface area contributed by atoms with Gasteiger partial charge >= 0.3 is 17.8 Å². The lowest BCUT2D eigenvalue weighted by Gasteiger charge is -2.43. The molecule has 13 heteroatoms. The highest BCUT2D eigenvalue weighted by molar-refractivity contribution is 5.91. The molecule has 2 aromatic rings. The number of ether oxygens (including phenoxy) is 2. The van der Waals surface area contributed by atoms with Crippen LogP contribution in [0.2, 0.25) is 0 Å². The molecule has 1 aromatic carbocycles. The summed E-state index contributed by atoms with van der Waals surface area (Å²) in [5.41, 5.74) is -1.31. The Morgan fingerprint density at radius 1 is 1.05 bits per heavy atom. The highest BCUT2D eigenvalue weighted by Crippen LogP contribution is 2.39. The first-order valence-electron chi connectivity index (χ1n) is 14.6. The molecule has 1 aromatic heterocycles. The van der Waals surface area contributed by atoms with Crippen LogP contribution in [-0.2, 0) is 14.3 Å². The second-order valence-corrected chi connectivity index (χ2v) is 13.5. The van der Waals surface area contributed by atoms with Crippen LogP contribution in [0.25, 0.3) is 5.69 Å². The van der Waals surface area contributed by atoms with E-state index in [9.17, 15) is 24.0 Å². The van der Waals surface area contributed by atoms with Crippen LogP contribution in [0.15, 0.2) is 35.3 Å². The number of aromatic nitrogens is 2. The molecule has 0 saturated carbocycles. The summed E-state index contributed by atoms with van der Waals surface area (Å²) in [5, 5.41) is 2.66. The summed E-state index contributed by atoms with van der Waals surface area (Å²) in [5.74, 6) is -0.190. The van der Waals surface area contributed by atoms with Crippen LogP contribution in [0.3, 0.4) is 0 Å². The number of hydrogen-bond acceptors (Lipinski definition) is 8. The smallest absolute Gasteiger partial charge is 0.413 e. The fourth-order valence-electron chi connectivity index (χ4n) is 5.31. The summed E-state index contributed by atoms with van der Waals surface area (Å²) in [7, 11) is 0. The number of carbonyl (C=O) groups excluding carboxylic acids is 4. The van der Waals surface area contributed by atoms with Gasteiger partial charge in [-0.1, -0.05) is 20.8 Å². The number of piperazine rings is 1. The Kier molecular flexibility index (Phi) is 8.92. The zero-order chi connectivity index (χ0) is 32.6. The fraction of sp³-hybridized carbons (Fsp3) is 0.548. The Hall–Kier alpha value is -4.26. The second-order valence-electron chi connectivity index (χ2n) is 13.5. The van der Waals surface area contributed by atoms with Gasteiger partial charge in [-0.3, -0.25) is 24.4 Å². The summed E-state index contributed by atoms with van der Waals surface area (Å²) in [6.07, 6.45) is 0.967. The summed E-state index contributed by atoms with van der Waals surface area (Å²) < 4.78 is 13.0. The maximum Gasteiger partial charge on any atom is 0.413 e.